The van der Waals surface area contributed by atoms with E-state index in [1.165, 1.54) is 19.3 Å². The summed E-state index contributed by atoms with van der Waals surface area (Å²) < 4.78 is 2.16. The summed E-state index contributed by atoms with van der Waals surface area (Å²) in [4.78, 5) is 20.6. The van der Waals surface area contributed by atoms with Crippen molar-refractivity contribution in [2.24, 2.45) is 0 Å². The van der Waals surface area contributed by atoms with Gasteiger partial charge in [-0.15, -0.1) is 0 Å². The molecule has 0 N–H and O–H groups in total. The molecule has 1 unspecified atom stereocenters. The van der Waals surface area contributed by atoms with Crippen molar-refractivity contribution in [3.8, 4) is 0 Å². The number of imidazole rings is 1. The molecule has 0 bridgehead atoms. The molecule has 2 heterocycles. The van der Waals surface area contributed by atoms with E-state index in [-0.39, 0.29) is 11.9 Å². The van der Waals surface area contributed by atoms with Crippen molar-refractivity contribution < 1.29 is 4.79 Å². The summed E-state index contributed by atoms with van der Waals surface area (Å²) in [6.45, 7) is 0.627. The Morgan fingerprint density at radius 1 is 0.885 bits per heavy atom. The lowest BCUT2D eigenvalue weighted by molar-refractivity contribution is -0.139. The van der Waals surface area contributed by atoms with Crippen molar-refractivity contribution in [2.45, 2.75) is 50.7 Å². The van der Waals surface area contributed by atoms with Gasteiger partial charge in [0.1, 0.15) is 11.9 Å². The van der Waals surface area contributed by atoms with Gasteiger partial charge in [-0.3, -0.25) is 4.79 Å². The van der Waals surface area contributed by atoms with Crippen LogP contribution in [0, 0.1) is 0 Å². The van der Waals surface area contributed by atoms with E-state index < -0.39 is 0 Å². The highest BCUT2D eigenvalue weighted by Gasteiger charge is 2.39. The monoisotopic (exact) mass is 345 g/mol. The number of hydrogen-bond donors (Lipinski definition) is 0. The largest absolute Gasteiger partial charge is 0.330 e. The fourth-order valence-corrected chi connectivity index (χ4v) is 4.62. The summed E-state index contributed by atoms with van der Waals surface area (Å²) in [6.07, 6.45) is 5.97. The van der Waals surface area contributed by atoms with Gasteiger partial charge >= 0.3 is 0 Å². The molecule has 4 nitrogen and oxygen atoms in total. The van der Waals surface area contributed by atoms with Crippen LogP contribution in [0.4, 0.5) is 0 Å². The number of fused-ring (bicyclic) bond motifs is 3. The summed E-state index contributed by atoms with van der Waals surface area (Å²) in [7, 11) is 0. The first-order chi connectivity index (χ1) is 12.8. The third-order valence-corrected chi connectivity index (χ3v) is 5.89. The number of aromatic nitrogens is 2. The van der Waals surface area contributed by atoms with Gasteiger partial charge in [0.05, 0.1) is 17.6 Å². The van der Waals surface area contributed by atoms with Crippen molar-refractivity contribution in [1.29, 1.82) is 0 Å². The van der Waals surface area contributed by atoms with Gasteiger partial charge in [0, 0.05) is 6.04 Å². The molecule has 132 valence electrons. The highest BCUT2D eigenvalue weighted by Crippen LogP contribution is 2.35. The lowest BCUT2D eigenvalue weighted by Crippen LogP contribution is -2.48. The molecule has 26 heavy (non-hydrogen) atoms. The third kappa shape index (κ3) is 2.44. The molecular weight excluding hydrogens is 322 g/mol. The minimum Gasteiger partial charge on any atom is -0.330 e. The van der Waals surface area contributed by atoms with Crippen molar-refractivity contribution in [1.82, 2.24) is 14.5 Å². The Hall–Kier alpha value is -2.62. The minimum atomic E-state index is -0.311. The van der Waals surface area contributed by atoms with E-state index >= 15 is 0 Å². The Kier molecular flexibility index (Phi) is 3.77. The van der Waals surface area contributed by atoms with Crippen LogP contribution in [-0.4, -0.2) is 26.4 Å². The molecule has 1 atom stereocenters. The summed E-state index contributed by atoms with van der Waals surface area (Å²) in [5, 5.41) is 0. The first kappa shape index (κ1) is 15.6. The second-order valence-electron chi connectivity index (χ2n) is 7.46. The fourth-order valence-electron chi connectivity index (χ4n) is 4.62. The van der Waals surface area contributed by atoms with E-state index in [0.717, 1.165) is 35.3 Å². The van der Waals surface area contributed by atoms with Crippen LogP contribution < -0.4 is 0 Å². The van der Waals surface area contributed by atoms with Crippen LogP contribution in [-0.2, 0) is 11.3 Å². The lowest BCUT2D eigenvalue weighted by atomic mass is 9.92. The van der Waals surface area contributed by atoms with Gasteiger partial charge in [-0.25, -0.2) is 4.98 Å². The van der Waals surface area contributed by atoms with E-state index in [9.17, 15) is 4.79 Å². The normalized spacial score (nSPS) is 21.2. The standard InChI is InChI=1S/C22H23N3O/c26-22-21(16-9-3-1-4-10-16)25-19-14-8-7-13-18(19)23-20(25)15-24(22)17-11-5-2-6-12-17/h1,3-4,7-10,13-14,17,21H,2,5-6,11-12,15H2. The second-order valence-corrected chi connectivity index (χ2v) is 7.46. The molecule has 1 aliphatic heterocycles. The molecule has 2 aliphatic rings. The van der Waals surface area contributed by atoms with E-state index in [2.05, 4.69) is 27.7 Å². The Morgan fingerprint density at radius 3 is 2.42 bits per heavy atom. The molecule has 3 aromatic rings. The third-order valence-electron chi connectivity index (χ3n) is 5.89. The average Bonchev–Trinajstić information content (AvgIpc) is 3.07. The molecule has 0 saturated heterocycles. The van der Waals surface area contributed by atoms with Crippen LogP contribution in [0.3, 0.4) is 0 Å². The number of carbonyl (C=O) groups is 1. The van der Waals surface area contributed by atoms with Crippen LogP contribution >= 0.6 is 0 Å². The number of rotatable bonds is 2. The van der Waals surface area contributed by atoms with Crippen molar-refractivity contribution in [2.75, 3.05) is 0 Å². The second kappa shape index (κ2) is 6.27. The summed E-state index contributed by atoms with van der Waals surface area (Å²) in [5.74, 6) is 1.23. The Morgan fingerprint density at radius 2 is 1.62 bits per heavy atom. The molecule has 1 fully saturated rings. The average molecular weight is 345 g/mol. The highest BCUT2D eigenvalue weighted by molar-refractivity contribution is 5.88. The molecule has 1 aliphatic carbocycles. The predicted octanol–water partition coefficient (Wildman–Crippen LogP) is 4.30. The fraction of sp³-hybridized carbons (Fsp3) is 0.364. The van der Waals surface area contributed by atoms with Gasteiger partial charge in [0.2, 0.25) is 0 Å². The number of nitrogens with zero attached hydrogens (tertiary/aromatic N) is 3. The maximum absolute atomic E-state index is 13.6. The first-order valence-corrected chi connectivity index (χ1v) is 9.64. The molecule has 4 heteroatoms. The van der Waals surface area contributed by atoms with Gasteiger partial charge in [0.15, 0.2) is 0 Å². The minimum absolute atomic E-state index is 0.221. The SMILES string of the molecule is O=C1C(c2ccccc2)n2c(nc3ccccc32)CN1C1CCCCC1. The number of carbonyl (C=O) groups excluding carboxylic acids is 1. The Balaban J connectivity index is 1.67. The molecule has 0 spiro atoms. The predicted molar refractivity (Wildman–Crippen MR) is 102 cm³/mol. The zero-order valence-electron chi connectivity index (χ0n) is 14.8. The maximum atomic E-state index is 13.6. The van der Waals surface area contributed by atoms with Crippen LogP contribution in [0.5, 0.6) is 0 Å². The lowest BCUT2D eigenvalue weighted by Gasteiger charge is -2.40. The van der Waals surface area contributed by atoms with Crippen molar-refractivity contribution in [3.63, 3.8) is 0 Å². The van der Waals surface area contributed by atoms with Gasteiger partial charge in [-0.05, 0) is 30.5 Å². The van der Waals surface area contributed by atoms with Gasteiger partial charge < -0.3 is 9.47 Å². The molecule has 5 rings (SSSR count). The van der Waals surface area contributed by atoms with Gasteiger partial charge in [-0.1, -0.05) is 61.7 Å². The molecule has 1 saturated carbocycles. The summed E-state index contributed by atoms with van der Waals surface area (Å²) in [6, 6.07) is 18.4. The van der Waals surface area contributed by atoms with Crippen LogP contribution in [0.25, 0.3) is 11.0 Å². The van der Waals surface area contributed by atoms with Crippen molar-refractivity contribution >= 4 is 16.9 Å². The quantitative estimate of drug-likeness (QED) is 0.694. The Bertz CT molecular complexity index is 940. The van der Waals surface area contributed by atoms with E-state index in [0.29, 0.717) is 12.6 Å². The number of hydrogen-bond acceptors (Lipinski definition) is 2. The molecule has 2 aromatic carbocycles. The van der Waals surface area contributed by atoms with Crippen LogP contribution in [0.1, 0.15) is 49.5 Å². The van der Waals surface area contributed by atoms with Crippen LogP contribution in [0.15, 0.2) is 54.6 Å². The Labute approximate surface area is 153 Å². The molecule has 0 radical (unpaired) electrons. The van der Waals surface area contributed by atoms with E-state index in [4.69, 9.17) is 4.98 Å². The zero-order chi connectivity index (χ0) is 17.5. The summed E-state index contributed by atoms with van der Waals surface area (Å²) in [5.41, 5.74) is 3.07. The smallest absolute Gasteiger partial charge is 0.251 e. The van der Waals surface area contributed by atoms with Crippen LogP contribution in [0.2, 0.25) is 0 Å². The molecular formula is C22H23N3O. The van der Waals surface area contributed by atoms with E-state index in [1.807, 2.05) is 36.4 Å². The highest BCUT2D eigenvalue weighted by atomic mass is 16.2. The first-order valence-electron chi connectivity index (χ1n) is 9.64. The molecule has 1 aromatic heterocycles. The van der Waals surface area contributed by atoms with Gasteiger partial charge in [-0.2, -0.15) is 0 Å². The number of benzene rings is 2. The number of para-hydroxylation sites is 2. The van der Waals surface area contributed by atoms with E-state index in [1.54, 1.807) is 0 Å². The topological polar surface area (TPSA) is 38.1 Å². The van der Waals surface area contributed by atoms with Gasteiger partial charge in [0.25, 0.3) is 5.91 Å². The number of amides is 1. The van der Waals surface area contributed by atoms with Crippen molar-refractivity contribution in [3.05, 3.63) is 66.0 Å². The zero-order valence-corrected chi connectivity index (χ0v) is 14.8. The summed E-state index contributed by atoms with van der Waals surface area (Å²) >= 11 is 0. The maximum Gasteiger partial charge on any atom is 0.251 e. The molecule has 1 amide bonds.